The van der Waals surface area contributed by atoms with E-state index in [4.69, 9.17) is 27.9 Å². The molecule has 124 valence electrons. The summed E-state index contributed by atoms with van der Waals surface area (Å²) in [5, 5.41) is 3.53. The third-order valence-corrected chi connectivity index (χ3v) is 4.75. The molecule has 5 nitrogen and oxygen atoms in total. The molecule has 23 heavy (non-hydrogen) atoms. The Bertz CT molecular complexity index is 623. The zero-order valence-corrected chi connectivity index (χ0v) is 14.3. The molecule has 1 aliphatic heterocycles. The molecular formula is C16H18Cl2N2O3. The fraction of sp³-hybridized carbons (Fsp3) is 0.500. The molecule has 3 rings (SSSR count). The first-order valence-corrected chi connectivity index (χ1v) is 8.41. The summed E-state index contributed by atoms with van der Waals surface area (Å²) in [7, 11) is 1.47. The fourth-order valence-corrected chi connectivity index (χ4v) is 3.49. The first-order valence-electron chi connectivity index (χ1n) is 7.65. The molecule has 1 aromatic carbocycles. The molecule has 2 amide bonds. The quantitative estimate of drug-likeness (QED) is 0.902. The summed E-state index contributed by atoms with van der Waals surface area (Å²) >= 11 is 12.2. The summed E-state index contributed by atoms with van der Waals surface area (Å²) in [6.07, 6.45) is 3.54. The summed E-state index contributed by atoms with van der Waals surface area (Å²) < 4.78 is 5.09. The van der Waals surface area contributed by atoms with E-state index in [1.165, 1.54) is 19.2 Å². The highest BCUT2D eigenvalue weighted by molar-refractivity contribution is 6.37. The van der Waals surface area contributed by atoms with Crippen LogP contribution in [0.5, 0.6) is 5.75 Å². The molecule has 2 aliphatic rings. The Balaban J connectivity index is 1.79. The number of hydrogen-bond acceptors (Lipinski definition) is 3. The normalized spacial score (nSPS) is 20.5. The molecule has 0 bridgehead atoms. The number of likely N-dealkylation sites (tertiary alicyclic amines) is 1. The van der Waals surface area contributed by atoms with E-state index >= 15 is 0 Å². The van der Waals surface area contributed by atoms with Crippen LogP contribution >= 0.6 is 23.2 Å². The maximum absolute atomic E-state index is 12.8. The molecule has 1 saturated heterocycles. The molecule has 1 atom stereocenters. The Morgan fingerprint density at radius 3 is 2.43 bits per heavy atom. The standard InChI is InChI=1S/C16H18Cl2N2O3/c1-23-14-11(17)7-9(8-12(14)18)16(22)20-6-2-3-13(20)15(21)19-10-4-5-10/h7-8,10,13H,2-6H2,1H3,(H,19,21). The molecule has 0 radical (unpaired) electrons. The third kappa shape index (κ3) is 3.40. The Labute approximate surface area is 144 Å². The molecule has 7 heteroatoms. The van der Waals surface area contributed by atoms with Crippen LogP contribution in [0.25, 0.3) is 0 Å². The second-order valence-electron chi connectivity index (χ2n) is 5.91. The molecule has 1 aliphatic carbocycles. The number of amides is 2. The largest absolute Gasteiger partial charge is 0.494 e. The maximum Gasteiger partial charge on any atom is 0.254 e. The van der Waals surface area contributed by atoms with Crippen molar-refractivity contribution in [2.45, 2.75) is 37.8 Å². The molecule has 1 saturated carbocycles. The molecule has 1 N–H and O–H groups in total. The summed E-state index contributed by atoms with van der Waals surface area (Å²) in [6, 6.07) is 2.93. The van der Waals surface area contributed by atoms with Gasteiger partial charge in [-0.25, -0.2) is 0 Å². The summed E-state index contributed by atoms with van der Waals surface area (Å²) in [6.45, 7) is 0.558. The van der Waals surface area contributed by atoms with Gasteiger partial charge in [-0.3, -0.25) is 9.59 Å². The molecule has 0 spiro atoms. The first-order chi connectivity index (χ1) is 11.0. The number of hydrogen-bond donors (Lipinski definition) is 1. The monoisotopic (exact) mass is 356 g/mol. The van der Waals surface area contributed by atoms with Crippen molar-refractivity contribution >= 4 is 35.0 Å². The minimum Gasteiger partial charge on any atom is -0.494 e. The van der Waals surface area contributed by atoms with Crippen molar-refractivity contribution in [3.8, 4) is 5.75 Å². The van der Waals surface area contributed by atoms with Gasteiger partial charge in [0.2, 0.25) is 5.91 Å². The Hall–Kier alpha value is -1.46. The smallest absolute Gasteiger partial charge is 0.254 e. The van der Waals surface area contributed by atoms with E-state index in [1.807, 2.05) is 0 Å². The van der Waals surface area contributed by atoms with Crippen LogP contribution in [-0.2, 0) is 4.79 Å². The Morgan fingerprint density at radius 1 is 1.22 bits per heavy atom. The number of ether oxygens (including phenoxy) is 1. The van der Waals surface area contributed by atoms with Crippen LogP contribution in [0.4, 0.5) is 0 Å². The highest BCUT2D eigenvalue weighted by atomic mass is 35.5. The summed E-state index contributed by atoms with van der Waals surface area (Å²) in [5.74, 6) is 0.0447. The summed E-state index contributed by atoms with van der Waals surface area (Å²) in [5.41, 5.74) is 0.368. The number of halogens is 2. The Morgan fingerprint density at radius 2 is 1.87 bits per heavy atom. The van der Waals surface area contributed by atoms with Gasteiger partial charge < -0.3 is 15.0 Å². The molecule has 1 unspecified atom stereocenters. The minimum atomic E-state index is -0.414. The van der Waals surface area contributed by atoms with Gasteiger partial charge in [-0.15, -0.1) is 0 Å². The van der Waals surface area contributed by atoms with Crippen LogP contribution in [0.3, 0.4) is 0 Å². The van der Waals surface area contributed by atoms with Gasteiger partial charge in [0, 0.05) is 18.2 Å². The van der Waals surface area contributed by atoms with Crippen LogP contribution in [0.2, 0.25) is 10.0 Å². The van der Waals surface area contributed by atoms with Gasteiger partial charge in [-0.2, -0.15) is 0 Å². The van der Waals surface area contributed by atoms with Crippen molar-refractivity contribution in [1.29, 1.82) is 0 Å². The van der Waals surface area contributed by atoms with Gasteiger partial charge in [-0.05, 0) is 37.8 Å². The maximum atomic E-state index is 12.8. The second-order valence-corrected chi connectivity index (χ2v) is 6.73. The van der Waals surface area contributed by atoms with Crippen molar-refractivity contribution in [3.05, 3.63) is 27.7 Å². The topological polar surface area (TPSA) is 58.6 Å². The number of benzene rings is 1. The van der Waals surface area contributed by atoms with E-state index in [2.05, 4.69) is 5.32 Å². The van der Waals surface area contributed by atoms with Gasteiger partial charge in [0.25, 0.3) is 5.91 Å². The fourth-order valence-electron chi connectivity index (χ4n) is 2.85. The SMILES string of the molecule is COc1c(Cl)cc(C(=O)N2CCCC2C(=O)NC2CC2)cc1Cl. The lowest BCUT2D eigenvalue weighted by molar-refractivity contribution is -0.125. The van der Waals surface area contributed by atoms with Crippen LogP contribution in [0.1, 0.15) is 36.0 Å². The van der Waals surface area contributed by atoms with Crippen LogP contribution in [0, 0.1) is 0 Å². The van der Waals surface area contributed by atoms with Crippen molar-refractivity contribution in [3.63, 3.8) is 0 Å². The van der Waals surface area contributed by atoms with Gasteiger partial charge in [0.1, 0.15) is 6.04 Å². The summed E-state index contributed by atoms with van der Waals surface area (Å²) in [4.78, 5) is 26.7. The highest BCUT2D eigenvalue weighted by Crippen LogP contribution is 2.35. The average molecular weight is 357 g/mol. The molecule has 0 aromatic heterocycles. The van der Waals surface area contributed by atoms with Crippen LogP contribution < -0.4 is 10.1 Å². The van der Waals surface area contributed by atoms with Gasteiger partial charge in [0.15, 0.2) is 5.75 Å². The van der Waals surface area contributed by atoms with Crippen molar-refractivity contribution in [1.82, 2.24) is 10.2 Å². The van der Waals surface area contributed by atoms with Gasteiger partial charge >= 0.3 is 0 Å². The van der Waals surface area contributed by atoms with Gasteiger partial charge in [-0.1, -0.05) is 23.2 Å². The number of carbonyl (C=O) groups excluding carboxylic acids is 2. The molecular weight excluding hydrogens is 339 g/mol. The lowest BCUT2D eigenvalue weighted by atomic mass is 10.1. The number of nitrogens with one attached hydrogen (secondary N) is 1. The van der Waals surface area contributed by atoms with Crippen LogP contribution in [-0.4, -0.2) is 42.5 Å². The Kier molecular flexibility index (Phi) is 4.69. The van der Waals surface area contributed by atoms with Crippen molar-refractivity contribution in [2.75, 3.05) is 13.7 Å². The second kappa shape index (κ2) is 6.57. The number of methoxy groups -OCH3 is 1. The van der Waals surface area contributed by atoms with E-state index in [9.17, 15) is 9.59 Å². The van der Waals surface area contributed by atoms with E-state index < -0.39 is 6.04 Å². The predicted molar refractivity (Wildman–Crippen MR) is 88.2 cm³/mol. The third-order valence-electron chi connectivity index (χ3n) is 4.19. The molecule has 2 fully saturated rings. The first kappa shape index (κ1) is 16.4. The lowest BCUT2D eigenvalue weighted by Crippen LogP contribution is -2.46. The minimum absolute atomic E-state index is 0.0657. The number of nitrogens with zero attached hydrogens (tertiary/aromatic N) is 1. The van der Waals surface area contributed by atoms with Crippen molar-refractivity contribution < 1.29 is 14.3 Å². The zero-order valence-electron chi connectivity index (χ0n) is 12.8. The number of rotatable bonds is 4. The predicted octanol–water partition coefficient (Wildman–Crippen LogP) is 2.89. The zero-order chi connectivity index (χ0) is 16.6. The lowest BCUT2D eigenvalue weighted by Gasteiger charge is -2.24. The van der Waals surface area contributed by atoms with E-state index in [0.29, 0.717) is 24.3 Å². The highest BCUT2D eigenvalue weighted by Gasteiger charge is 2.37. The molecule has 1 aromatic rings. The van der Waals surface area contributed by atoms with E-state index in [1.54, 1.807) is 4.90 Å². The van der Waals surface area contributed by atoms with E-state index in [-0.39, 0.29) is 27.9 Å². The van der Waals surface area contributed by atoms with Crippen molar-refractivity contribution in [2.24, 2.45) is 0 Å². The van der Waals surface area contributed by atoms with Crippen LogP contribution in [0.15, 0.2) is 12.1 Å². The molecule has 1 heterocycles. The average Bonchev–Trinajstić information content (AvgIpc) is 3.18. The van der Waals surface area contributed by atoms with Gasteiger partial charge in [0.05, 0.1) is 17.2 Å². The number of carbonyl (C=O) groups is 2. The van der Waals surface area contributed by atoms with E-state index in [0.717, 1.165) is 19.3 Å².